The Bertz CT molecular complexity index is 811. The molecule has 0 aliphatic carbocycles. The first kappa shape index (κ1) is 15.8. The summed E-state index contributed by atoms with van der Waals surface area (Å²) < 4.78 is 0. The number of carbonyl (C=O) groups excluding carboxylic acids is 1. The maximum atomic E-state index is 12.3. The molecule has 0 bridgehead atoms. The van der Waals surface area contributed by atoms with Gasteiger partial charge in [0, 0.05) is 19.2 Å². The van der Waals surface area contributed by atoms with Gasteiger partial charge in [0.25, 0.3) is 0 Å². The van der Waals surface area contributed by atoms with Crippen molar-refractivity contribution in [3.05, 3.63) is 83.4 Å². The van der Waals surface area contributed by atoms with E-state index in [9.17, 15) is 4.79 Å². The molecular weight excluding hydrogens is 296 g/mol. The van der Waals surface area contributed by atoms with Crippen molar-refractivity contribution < 1.29 is 4.79 Å². The standard InChI is InChI=1S/C21H18N2O/c22-16-18-8-6-17(7-9-18)10-11-21(24)23-14-12-20(13-15-23)19-4-2-1-3-5-19/h1-12H,13-15H2. The Morgan fingerprint density at radius 2 is 1.83 bits per heavy atom. The average molecular weight is 314 g/mol. The predicted molar refractivity (Wildman–Crippen MR) is 95.8 cm³/mol. The number of nitrogens with zero attached hydrogens (tertiary/aromatic N) is 2. The molecule has 0 unspecified atom stereocenters. The van der Waals surface area contributed by atoms with Gasteiger partial charge in [-0.05, 0) is 41.3 Å². The maximum absolute atomic E-state index is 12.3. The van der Waals surface area contributed by atoms with Gasteiger partial charge in [0.05, 0.1) is 11.6 Å². The summed E-state index contributed by atoms with van der Waals surface area (Å²) in [5.74, 6) is 0.0164. The fourth-order valence-electron chi connectivity index (χ4n) is 2.73. The van der Waals surface area contributed by atoms with Crippen molar-refractivity contribution in [1.29, 1.82) is 5.26 Å². The first-order valence-electron chi connectivity index (χ1n) is 7.98. The lowest BCUT2D eigenvalue weighted by Crippen LogP contribution is -2.33. The quantitative estimate of drug-likeness (QED) is 0.807. The molecule has 0 saturated carbocycles. The molecule has 2 aromatic carbocycles. The fourth-order valence-corrected chi connectivity index (χ4v) is 2.73. The SMILES string of the molecule is N#Cc1ccc(C=CC(=O)N2CC=C(c3ccccc3)CC2)cc1. The lowest BCUT2D eigenvalue weighted by atomic mass is 9.99. The van der Waals surface area contributed by atoms with Gasteiger partial charge in [-0.15, -0.1) is 0 Å². The largest absolute Gasteiger partial charge is 0.335 e. The second kappa shape index (κ2) is 7.43. The second-order valence-electron chi connectivity index (χ2n) is 5.70. The van der Waals surface area contributed by atoms with E-state index < -0.39 is 0 Å². The van der Waals surface area contributed by atoms with Crippen LogP contribution in [0.15, 0.2) is 66.7 Å². The van der Waals surface area contributed by atoms with Crippen molar-refractivity contribution in [2.24, 2.45) is 0 Å². The molecule has 0 N–H and O–H groups in total. The molecule has 3 rings (SSSR count). The van der Waals surface area contributed by atoms with Crippen LogP contribution >= 0.6 is 0 Å². The van der Waals surface area contributed by atoms with E-state index in [4.69, 9.17) is 5.26 Å². The highest BCUT2D eigenvalue weighted by molar-refractivity contribution is 5.92. The molecule has 3 heteroatoms. The number of amides is 1. The van der Waals surface area contributed by atoms with Crippen molar-refractivity contribution >= 4 is 17.6 Å². The van der Waals surface area contributed by atoms with Gasteiger partial charge in [-0.25, -0.2) is 0 Å². The number of rotatable bonds is 3. The molecule has 0 aromatic heterocycles. The molecule has 1 heterocycles. The third-order valence-electron chi connectivity index (χ3n) is 4.12. The number of benzene rings is 2. The Morgan fingerprint density at radius 1 is 1.08 bits per heavy atom. The number of hydrogen-bond acceptors (Lipinski definition) is 2. The van der Waals surface area contributed by atoms with Crippen LogP contribution in [0.25, 0.3) is 11.6 Å². The summed E-state index contributed by atoms with van der Waals surface area (Å²) in [7, 11) is 0. The summed E-state index contributed by atoms with van der Waals surface area (Å²) >= 11 is 0. The monoisotopic (exact) mass is 314 g/mol. The zero-order chi connectivity index (χ0) is 16.8. The van der Waals surface area contributed by atoms with Gasteiger partial charge < -0.3 is 4.90 Å². The minimum absolute atomic E-state index is 0.0164. The number of hydrogen-bond donors (Lipinski definition) is 0. The van der Waals surface area contributed by atoms with Crippen molar-refractivity contribution in [1.82, 2.24) is 4.90 Å². The van der Waals surface area contributed by atoms with Gasteiger partial charge in [-0.1, -0.05) is 48.5 Å². The predicted octanol–water partition coefficient (Wildman–Crippen LogP) is 3.89. The highest BCUT2D eigenvalue weighted by Crippen LogP contribution is 2.22. The van der Waals surface area contributed by atoms with Gasteiger partial charge in [0.1, 0.15) is 0 Å². The smallest absolute Gasteiger partial charge is 0.246 e. The second-order valence-corrected chi connectivity index (χ2v) is 5.70. The number of carbonyl (C=O) groups is 1. The molecule has 0 fully saturated rings. The highest BCUT2D eigenvalue weighted by Gasteiger charge is 2.15. The normalized spacial score (nSPS) is 14.3. The molecular formula is C21H18N2O. The lowest BCUT2D eigenvalue weighted by molar-refractivity contribution is -0.125. The molecule has 3 nitrogen and oxygen atoms in total. The van der Waals surface area contributed by atoms with Gasteiger partial charge >= 0.3 is 0 Å². The van der Waals surface area contributed by atoms with Crippen LogP contribution in [0.2, 0.25) is 0 Å². The van der Waals surface area contributed by atoms with Crippen LogP contribution in [-0.2, 0) is 4.79 Å². The van der Waals surface area contributed by atoms with Gasteiger partial charge in [0.15, 0.2) is 0 Å². The van der Waals surface area contributed by atoms with E-state index in [0.29, 0.717) is 12.1 Å². The van der Waals surface area contributed by atoms with Crippen molar-refractivity contribution in [2.75, 3.05) is 13.1 Å². The summed E-state index contributed by atoms with van der Waals surface area (Å²) in [5.41, 5.74) is 4.07. The Labute approximate surface area is 142 Å². The van der Waals surface area contributed by atoms with Crippen molar-refractivity contribution in [3.63, 3.8) is 0 Å². The Balaban J connectivity index is 1.61. The summed E-state index contributed by atoms with van der Waals surface area (Å²) in [6, 6.07) is 19.6. The van der Waals surface area contributed by atoms with E-state index in [1.165, 1.54) is 11.1 Å². The minimum atomic E-state index is 0.0164. The molecule has 1 amide bonds. The van der Waals surface area contributed by atoms with Crippen LogP contribution in [0, 0.1) is 11.3 Å². The van der Waals surface area contributed by atoms with E-state index in [2.05, 4.69) is 24.3 Å². The molecule has 24 heavy (non-hydrogen) atoms. The van der Waals surface area contributed by atoms with Gasteiger partial charge in [0.2, 0.25) is 5.91 Å². The molecule has 0 atom stereocenters. The average Bonchev–Trinajstić information content (AvgIpc) is 2.67. The van der Waals surface area contributed by atoms with Crippen LogP contribution in [-0.4, -0.2) is 23.9 Å². The van der Waals surface area contributed by atoms with E-state index in [-0.39, 0.29) is 5.91 Å². The van der Waals surface area contributed by atoms with Gasteiger partial charge in [-0.3, -0.25) is 4.79 Å². The van der Waals surface area contributed by atoms with Crippen LogP contribution in [0.1, 0.15) is 23.1 Å². The Hall–Kier alpha value is -3.12. The van der Waals surface area contributed by atoms with Crippen LogP contribution in [0.5, 0.6) is 0 Å². The lowest BCUT2D eigenvalue weighted by Gasteiger charge is -2.25. The first-order chi connectivity index (χ1) is 11.8. The van der Waals surface area contributed by atoms with Gasteiger partial charge in [-0.2, -0.15) is 5.26 Å². The maximum Gasteiger partial charge on any atom is 0.246 e. The van der Waals surface area contributed by atoms with Crippen molar-refractivity contribution in [2.45, 2.75) is 6.42 Å². The first-order valence-corrected chi connectivity index (χ1v) is 7.98. The highest BCUT2D eigenvalue weighted by atomic mass is 16.2. The topological polar surface area (TPSA) is 44.1 Å². The molecule has 0 saturated heterocycles. The van der Waals surface area contributed by atoms with E-state index >= 15 is 0 Å². The zero-order valence-electron chi connectivity index (χ0n) is 13.4. The third-order valence-corrected chi connectivity index (χ3v) is 4.12. The van der Waals surface area contributed by atoms with Crippen LogP contribution < -0.4 is 0 Å². The number of nitriles is 1. The Morgan fingerprint density at radius 3 is 2.46 bits per heavy atom. The van der Waals surface area contributed by atoms with Crippen LogP contribution in [0.4, 0.5) is 0 Å². The van der Waals surface area contributed by atoms with E-state index in [1.54, 1.807) is 24.3 Å². The third kappa shape index (κ3) is 3.80. The fraction of sp³-hybridized carbons (Fsp3) is 0.143. The summed E-state index contributed by atoms with van der Waals surface area (Å²) in [4.78, 5) is 14.1. The van der Waals surface area contributed by atoms with Crippen LogP contribution in [0.3, 0.4) is 0 Å². The molecule has 118 valence electrons. The van der Waals surface area contributed by atoms with Crippen molar-refractivity contribution in [3.8, 4) is 6.07 Å². The molecule has 0 spiro atoms. The minimum Gasteiger partial charge on any atom is -0.335 e. The summed E-state index contributed by atoms with van der Waals surface area (Å²) in [6.45, 7) is 1.37. The Kier molecular flexibility index (Phi) is 4.88. The zero-order valence-corrected chi connectivity index (χ0v) is 13.4. The molecule has 1 aliphatic heterocycles. The van der Waals surface area contributed by atoms with E-state index in [0.717, 1.165) is 18.5 Å². The molecule has 0 radical (unpaired) electrons. The molecule has 1 aliphatic rings. The molecule has 2 aromatic rings. The van der Waals surface area contributed by atoms with E-state index in [1.807, 2.05) is 35.2 Å². The summed E-state index contributed by atoms with van der Waals surface area (Å²) in [6.07, 6.45) is 6.40. The summed E-state index contributed by atoms with van der Waals surface area (Å²) in [5, 5.41) is 8.79.